The van der Waals surface area contributed by atoms with Crippen molar-refractivity contribution in [3.8, 4) is 0 Å². The van der Waals surface area contributed by atoms with Crippen LogP contribution in [0.5, 0.6) is 0 Å². The molecule has 2 rings (SSSR count). The summed E-state index contributed by atoms with van der Waals surface area (Å²) in [4.78, 5) is 26.9. The van der Waals surface area contributed by atoms with Crippen LogP contribution in [0.4, 0.5) is 0 Å². The maximum atomic E-state index is 13.6. The second-order valence-corrected chi connectivity index (χ2v) is 16.8. The summed E-state index contributed by atoms with van der Waals surface area (Å²) in [6.07, 6.45) is 24.9. The fraction of sp³-hybridized carbons (Fsp3) is 0.792. The maximum Gasteiger partial charge on any atom is 0.405 e. The lowest BCUT2D eigenvalue weighted by Gasteiger charge is -2.53. The summed E-state index contributed by atoms with van der Waals surface area (Å²) < 4.78 is 27.9. The number of aliphatic hydroxyl groups excluding tert-OH is 7. The molecule has 2 aliphatic rings. The Balaban J connectivity index is 2.09. The molecular formula is C48H82O15. The van der Waals surface area contributed by atoms with E-state index in [9.17, 15) is 50.4 Å². The number of hydrogen-bond donors (Lipinski definition) is 8. The van der Waals surface area contributed by atoms with Crippen molar-refractivity contribution in [3.05, 3.63) is 48.6 Å². The molecule has 0 saturated carbocycles. The summed E-state index contributed by atoms with van der Waals surface area (Å²) in [6, 6.07) is 0. The number of hydrogen-bond acceptors (Lipinski definition) is 15. The van der Waals surface area contributed by atoms with Gasteiger partial charge in [0.25, 0.3) is 0 Å². The molecular weight excluding hydrogens is 817 g/mol. The van der Waals surface area contributed by atoms with Crippen LogP contribution in [-0.2, 0) is 33.3 Å². The highest BCUT2D eigenvalue weighted by atomic mass is 17.0. The van der Waals surface area contributed by atoms with Gasteiger partial charge in [-0.25, -0.2) is 0 Å². The largest absolute Gasteiger partial charge is 0.420 e. The van der Waals surface area contributed by atoms with Gasteiger partial charge in [-0.15, -0.1) is 0 Å². The lowest BCUT2D eigenvalue weighted by Crippen LogP contribution is -2.78. The Morgan fingerprint density at radius 3 is 1.35 bits per heavy atom. The summed E-state index contributed by atoms with van der Waals surface area (Å²) in [5.74, 6) is -12.1. The number of carbonyl (C=O) groups is 2. The Morgan fingerprint density at radius 2 is 0.921 bits per heavy atom. The van der Waals surface area contributed by atoms with Crippen LogP contribution in [0.25, 0.3) is 0 Å². The lowest BCUT2D eigenvalue weighted by molar-refractivity contribution is -0.554. The summed E-state index contributed by atoms with van der Waals surface area (Å²) >= 11 is 0. The summed E-state index contributed by atoms with van der Waals surface area (Å²) in [5.41, 5.74) is 0. The first-order valence-corrected chi connectivity index (χ1v) is 23.8. The molecule has 0 aromatic carbocycles. The second-order valence-electron chi connectivity index (χ2n) is 16.8. The molecule has 0 spiro atoms. The smallest absolute Gasteiger partial charge is 0.405 e. The van der Waals surface area contributed by atoms with E-state index in [1.807, 2.05) is 0 Å². The minimum atomic E-state index is -3.59. The molecule has 2 fully saturated rings. The van der Waals surface area contributed by atoms with E-state index in [4.69, 9.17) is 23.7 Å². The highest BCUT2D eigenvalue weighted by Crippen LogP contribution is 2.47. The van der Waals surface area contributed by atoms with Gasteiger partial charge >= 0.3 is 23.7 Å². The third kappa shape index (κ3) is 19.1. The molecule has 0 aromatic heterocycles. The average molecular weight is 899 g/mol. The van der Waals surface area contributed by atoms with Crippen LogP contribution in [0.15, 0.2) is 48.6 Å². The van der Waals surface area contributed by atoms with Crippen molar-refractivity contribution in [3.63, 3.8) is 0 Å². The zero-order valence-electron chi connectivity index (χ0n) is 38.1. The predicted molar refractivity (Wildman–Crippen MR) is 237 cm³/mol. The van der Waals surface area contributed by atoms with Crippen molar-refractivity contribution in [2.24, 2.45) is 0 Å². The fourth-order valence-corrected chi connectivity index (χ4v) is 7.52. The molecule has 0 amide bonds. The molecule has 2 heterocycles. The number of ether oxygens (including phenoxy) is 5. The van der Waals surface area contributed by atoms with Crippen molar-refractivity contribution in [1.82, 2.24) is 0 Å². The molecule has 1 unspecified atom stereocenters. The van der Waals surface area contributed by atoms with E-state index in [0.29, 0.717) is 25.7 Å². The first kappa shape index (κ1) is 56.6. The molecule has 364 valence electrons. The topological polar surface area (TPSA) is 242 Å². The zero-order valence-corrected chi connectivity index (χ0v) is 38.1. The quantitative estimate of drug-likeness (QED) is 0.0158. The Bertz CT molecular complexity index is 1350. The van der Waals surface area contributed by atoms with E-state index in [1.54, 1.807) is 0 Å². The van der Waals surface area contributed by atoms with Gasteiger partial charge in [0.05, 0.1) is 13.2 Å². The van der Waals surface area contributed by atoms with Gasteiger partial charge in [-0.3, -0.25) is 14.3 Å². The Kier molecular flexibility index (Phi) is 28.9. The molecule has 15 nitrogen and oxygen atoms in total. The Morgan fingerprint density at radius 1 is 0.524 bits per heavy atom. The molecule has 2 aliphatic heterocycles. The number of rotatable bonds is 35. The minimum Gasteiger partial charge on any atom is -0.420 e. The fourth-order valence-electron chi connectivity index (χ4n) is 7.52. The summed E-state index contributed by atoms with van der Waals surface area (Å²) in [7, 11) is 0. The number of aliphatic hydroxyl groups is 8. The van der Waals surface area contributed by atoms with Gasteiger partial charge in [0.1, 0.15) is 37.1 Å². The molecule has 0 aromatic rings. The van der Waals surface area contributed by atoms with Crippen LogP contribution < -0.4 is 0 Å². The first-order chi connectivity index (χ1) is 30.4. The maximum absolute atomic E-state index is 13.6. The number of unbranched alkanes of at least 4 members (excludes halogenated alkanes) is 16. The van der Waals surface area contributed by atoms with Crippen LogP contribution in [0, 0.1) is 0 Å². The van der Waals surface area contributed by atoms with E-state index in [0.717, 1.165) is 77.0 Å². The van der Waals surface area contributed by atoms with E-state index in [1.165, 1.54) is 38.5 Å². The van der Waals surface area contributed by atoms with Gasteiger partial charge in [-0.05, 0) is 77.0 Å². The van der Waals surface area contributed by atoms with Gasteiger partial charge in [0.15, 0.2) is 6.10 Å². The monoisotopic (exact) mass is 899 g/mol. The number of esters is 2. The molecule has 63 heavy (non-hydrogen) atoms. The van der Waals surface area contributed by atoms with Crippen molar-refractivity contribution < 1.29 is 74.1 Å². The van der Waals surface area contributed by atoms with Gasteiger partial charge in [0.2, 0.25) is 5.79 Å². The molecule has 2 saturated heterocycles. The Labute approximate surface area is 375 Å². The van der Waals surface area contributed by atoms with Gasteiger partial charge < -0.3 is 59.8 Å². The number of allylic oxidation sites excluding steroid dienone is 8. The standard InChI is InChI=1S/C48H82O15/c1-3-5-7-9-11-13-15-17-19-21-23-25-27-29-31-33-40(52)61-47(58)45(57)43(55)39(36-50)60-48(47,63-46(37-51)44(56)42(54)38(35-49)59-46)62-41(53)34-32-30-28-26-24-22-20-18-16-14-12-10-8-6-4-2/h11-14,17-20,38-39,42-45,49-51,54-58H,3-10,15-16,21-37H2,1-2H3/b13-11+,14-12+,19-17+,20-18+/t38-,39-,42-,43-,44+,45+,46?,47+,48+/m1/s1. The van der Waals surface area contributed by atoms with Gasteiger partial charge in [-0.2, -0.15) is 0 Å². The molecule has 0 bridgehead atoms. The second kappa shape index (κ2) is 32.2. The molecule has 0 aliphatic carbocycles. The van der Waals surface area contributed by atoms with Crippen LogP contribution in [0.1, 0.15) is 168 Å². The van der Waals surface area contributed by atoms with Crippen LogP contribution in [0.2, 0.25) is 0 Å². The third-order valence-corrected chi connectivity index (χ3v) is 11.4. The highest BCUT2D eigenvalue weighted by molar-refractivity contribution is 5.71. The minimum absolute atomic E-state index is 0.287. The van der Waals surface area contributed by atoms with Crippen LogP contribution in [0.3, 0.4) is 0 Å². The van der Waals surface area contributed by atoms with Crippen molar-refractivity contribution in [2.75, 3.05) is 19.8 Å². The van der Waals surface area contributed by atoms with E-state index in [-0.39, 0.29) is 12.8 Å². The van der Waals surface area contributed by atoms with E-state index >= 15 is 0 Å². The summed E-state index contributed by atoms with van der Waals surface area (Å²) in [5, 5.41) is 86.3. The normalized spacial score (nSPS) is 28.9. The number of carbonyl (C=O) groups excluding carboxylic acids is 2. The molecule has 15 heteroatoms. The van der Waals surface area contributed by atoms with E-state index < -0.39 is 85.9 Å². The van der Waals surface area contributed by atoms with Gasteiger partial charge in [0, 0.05) is 12.8 Å². The van der Waals surface area contributed by atoms with Crippen molar-refractivity contribution in [2.45, 2.75) is 222 Å². The van der Waals surface area contributed by atoms with Crippen molar-refractivity contribution in [1.29, 1.82) is 0 Å². The lowest BCUT2D eigenvalue weighted by atomic mass is 9.93. The predicted octanol–water partition coefficient (Wildman–Crippen LogP) is 5.97. The van der Waals surface area contributed by atoms with Crippen LogP contribution >= 0.6 is 0 Å². The molecule has 0 radical (unpaired) electrons. The SMILES string of the molecule is CCCCC/C=C/C/C=C/CCCCCCCC(=O)O[C@@]1(OC2(CO)O[C@H](CO)[C@@H](O)[C@@H]2O)O[C@H](CO)[C@@H](O)[C@H](O)[C@]1(O)OC(=O)CCCCCCC/C=C/C/C=C/CCCCC. The zero-order chi connectivity index (χ0) is 46.4. The average Bonchev–Trinajstić information content (AvgIpc) is 3.51. The van der Waals surface area contributed by atoms with Crippen LogP contribution in [-0.4, -0.2) is 127 Å². The third-order valence-electron chi connectivity index (χ3n) is 11.4. The Hall–Kier alpha value is -2.54. The molecule has 8 N–H and O–H groups in total. The first-order valence-electron chi connectivity index (χ1n) is 23.8. The van der Waals surface area contributed by atoms with Crippen molar-refractivity contribution >= 4 is 11.9 Å². The van der Waals surface area contributed by atoms with E-state index in [2.05, 4.69) is 62.5 Å². The highest BCUT2D eigenvalue weighted by Gasteiger charge is 2.75. The summed E-state index contributed by atoms with van der Waals surface area (Å²) in [6.45, 7) is 1.14. The molecule has 9 atom stereocenters. The van der Waals surface area contributed by atoms with Gasteiger partial charge in [-0.1, -0.05) is 127 Å².